The zero-order chi connectivity index (χ0) is 17.3. The number of alkyl halides is 1. The molecule has 1 aromatic heterocycles. The van der Waals surface area contributed by atoms with Crippen LogP contribution in [-0.4, -0.2) is 32.3 Å². The van der Waals surface area contributed by atoms with Gasteiger partial charge in [-0.1, -0.05) is 0 Å². The van der Waals surface area contributed by atoms with Crippen molar-refractivity contribution in [3.8, 4) is 0 Å². The first-order valence-corrected chi connectivity index (χ1v) is 8.02. The number of fused-ring (bicyclic) bond motifs is 1. The van der Waals surface area contributed by atoms with Crippen LogP contribution >= 0.6 is 11.6 Å². The molecule has 0 aliphatic carbocycles. The standard InChI is InChI=1S/C16H15ClF3N3O/c17-8-15(24)23(9-11-12(18)1-2-13(19)16(11)20)10-3-5-22-6-4-21-14(22)7-10/h1-2,4,6,10H,3,5,7-9H2. The number of rotatable bonds is 4. The maximum absolute atomic E-state index is 13.9. The van der Waals surface area contributed by atoms with Crippen LogP contribution < -0.4 is 0 Å². The molecule has 24 heavy (non-hydrogen) atoms. The zero-order valence-electron chi connectivity index (χ0n) is 12.7. The van der Waals surface area contributed by atoms with Crippen LogP contribution in [-0.2, 0) is 24.3 Å². The molecule has 1 amide bonds. The van der Waals surface area contributed by atoms with Gasteiger partial charge in [-0.05, 0) is 18.6 Å². The summed E-state index contributed by atoms with van der Waals surface area (Å²) in [7, 11) is 0. The number of halogens is 4. The molecule has 1 atom stereocenters. The van der Waals surface area contributed by atoms with Crippen LogP contribution in [0.5, 0.6) is 0 Å². The molecule has 2 aromatic rings. The van der Waals surface area contributed by atoms with Gasteiger partial charge in [-0.25, -0.2) is 18.2 Å². The van der Waals surface area contributed by atoms with Crippen LogP contribution in [0.15, 0.2) is 24.5 Å². The summed E-state index contributed by atoms with van der Waals surface area (Å²) in [6.45, 7) is 0.270. The highest BCUT2D eigenvalue weighted by Gasteiger charge is 2.30. The molecule has 0 spiro atoms. The van der Waals surface area contributed by atoms with Crippen molar-refractivity contribution in [1.82, 2.24) is 14.5 Å². The molecule has 1 aromatic carbocycles. The maximum atomic E-state index is 13.9. The Morgan fingerprint density at radius 1 is 1.33 bits per heavy atom. The summed E-state index contributed by atoms with van der Waals surface area (Å²) < 4.78 is 43.2. The summed E-state index contributed by atoms with van der Waals surface area (Å²) in [5.74, 6) is -3.30. The van der Waals surface area contributed by atoms with Crippen molar-refractivity contribution in [2.75, 3.05) is 5.88 Å². The number of aromatic nitrogens is 2. The Balaban J connectivity index is 1.89. The Bertz CT molecular complexity index is 765. The second-order valence-corrected chi connectivity index (χ2v) is 5.93. The number of benzene rings is 1. The Morgan fingerprint density at radius 2 is 2.08 bits per heavy atom. The van der Waals surface area contributed by atoms with Gasteiger partial charge in [0, 0.05) is 37.0 Å². The van der Waals surface area contributed by atoms with Crippen LogP contribution in [0.3, 0.4) is 0 Å². The predicted octanol–water partition coefficient (Wildman–Crippen LogP) is 2.88. The topological polar surface area (TPSA) is 38.1 Å². The number of imidazole rings is 1. The lowest BCUT2D eigenvalue weighted by atomic mass is 10.0. The molecule has 0 bridgehead atoms. The molecule has 0 saturated carbocycles. The lowest BCUT2D eigenvalue weighted by Gasteiger charge is -2.34. The van der Waals surface area contributed by atoms with E-state index in [9.17, 15) is 18.0 Å². The van der Waals surface area contributed by atoms with Gasteiger partial charge in [0.05, 0.1) is 6.54 Å². The summed E-state index contributed by atoms with van der Waals surface area (Å²) in [5, 5.41) is 0. The summed E-state index contributed by atoms with van der Waals surface area (Å²) >= 11 is 5.65. The minimum Gasteiger partial charge on any atom is -0.335 e. The summed E-state index contributed by atoms with van der Waals surface area (Å²) in [6.07, 6.45) is 4.56. The first kappa shape index (κ1) is 16.8. The Hall–Kier alpha value is -2.02. The van der Waals surface area contributed by atoms with E-state index in [4.69, 9.17) is 11.6 Å². The van der Waals surface area contributed by atoms with E-state index < -0.39 is 28.9 Å². The number of aryl methyl sites for hydroxylation is 1. The smallest absolute Gasteiger partial charge is 0.238 e. The molecule has 0 saturated heterocycles. The van der Waals surface area contributed by atoms with E-state index in [-0.39, 0.29) is 18.5 Å². The van der Waals surface area contributed by atoms with Crippen LogP contribution in [0.1, 0.15) is 17.8 Å². The highest BCUT2D eigenvalue weighted by Crippen LogP contribution is 2.24. The summed E-state index contributed by atoms with van der Waals surface area (Å²) in [5.41, 5.74) is -0.470. The normalized spacial score (nSPS) is 16.8. The van der Waals surface area contributed by atoms with E-state index in [1.807, 2.05) is 10.8 Å². The fourth-order valence-corrected chi connectivity index (χ4v) is 3.14. The van der Waals surface area contributed by atoms with Gasteiger partial charge in [0.15, 0.2) is 11.6 Å². The number of amides is 1. The van der Waals surface area contributed by atoms with Crippen molar-refractivity contribution in [2.45, 2.75) is 32.0 Å². The molecule has 1 aliphatic heterocycles. The number of nitrogens with zero attached hydrogens (tertiary/aromatic N) is 3. The number of carbonyl (C=O) groups is 1. The third-order valence-corrected chi connectivity index (χ3v) is 4.49. The molecule has 1 unspecified atom stereocenters. The number of hydrogen-bond donors (Lipinski definition) is 0. The molecule has 3 rings (SSSR count). The lowest BCUT2D eigenvalue weighted by molar-refractivity contribution is -0.132. The average molecular weight is 358 g/mol. The van der Waals surface area contributed by atoms with Crippen LogP contribution in [0, 0.1) is 17.5 Å². The predicted molar refractivity (Wildman–Crippen MR) is 81.9 cm³/mol. The SMILES string of the molecule is O=C(CCl)N(Cc1c(F)ccc(F)c1F)C1CCn2ccnc2C1. The monoisotopic (exact) mass is 357 g/mol. The lowest BCUT2D eigenvalue weighted by Crippen LogP contribution is -2.45. The average Bonchev–Trinajstić information content (AvgIpc) is 3.05. The minimum atomic E-state index is -1.28. The highest BCUT2D eigenvalue weighted by atomic mass is 35.5. The van der Waals surface area contributed by atoms with Gasteiger partial charge in [-0.2, -0.15) is 0 Å². The Morgan fingerprint density at radius 3 is 2.83 bits per heavy atom. The van der Waals surface area contributed by atoms with Gasteiger partial charge in [0.2, 0.25) is 5.91 Å². The first-order valence-electron chi connectivity index (χ1n) is 7.49. The molecule has 1 aliphatic rings. The Labute approximate surface area is 141 Å². The van der Waals surface area contributed by atoms with E-state index >= 15 is 0 Å². The third-order valence-electron chi connectivity index (χ3n) is 4.27. The molecule has 0 fully saturated rings. The van der Waals surface area contributed by atoms with Crippen LogP contribution in [0.25, 0.3) is 0 Å². The highest BCUT2D eigenvalue weighted by molar-refractivity contribution is 6.27. The van der Waals surface area contributed by atoms with Gasteiger partial charge in [-0.15, -0.1) is 11.6 Å². The largest absolute Gasteiger partial charge is 0.335 e. The second kappa shape index (κ2) is 6.84. The van der Waals surface area contributed by atoms with E-state index in [0.29, 0.717) is 19.4 Å². The number of hydrogen-bond acceptors (Lipinski definition) is 2. The van der Waals surface area contributed by atoms with Crippen LogP contribution in [0.4, 0.5) is 13.2 Å². The van der Waals surface area contributed by atoms with Crippen molar-refractivity contribution in [3.05, 3.63) is 53.4 Å². The molecular weight excluding hydrogens is 343 g/mol. The fourth-order valence-electron chi connectivity index (χ4n) is 2.98. The van der Waals surface area contributed by atoms with Crippen molar-refractivity contribution < 1.29 is 18.0 Å². The van der Waals surface area contributed by atoms with Crippen molar-refractivity contribution in [2.24, 2.45) is 0 Å². The van der Waals surface area contributed by atoms with Crippen molar-refractivity contribution in [3.63, 3.8) is 0 Å². The Kier molecular flexibility index (Phi) is 4.80. The van der Waals surface area contributed by atoms with Crippen molar-refractivity contribution >= 4 is 17.5 Å². The molecular formula is C16H15ClF3N3O. The third kappa shape index (κ3) is 3.13. The molecule has 0 radical (unpaired) electrons. The first-order chi connectivity index (χ1) is 11.5. The minimum absolute atomic E-state index is 0.298. The second-order valence-electron chi connectivity index (χ2n) is 5.66. The van der Waals surface area contributed by atoms with Crippen molar-refractivity contribution in [1.29, 1.82) is 0 Å². The van der Waals surface area contributed by atoms with E-state index in [0.717, 1.165) is 18.0 Å². The van der Waals surface area contributed by atoms with E-state index in [1.165, 1.54) is 4.90 Å². The fraction of sp³-hybridized carbons (Fsp3) is 0.375. The molecule has 0 N–H and O–H groups in total. The number of carbonyl (C=O) groups excluding carboxylic acids is 1. The van der Waals surface area contributed by atoms with E-state index in [2.05, 4.69) is 4.98 Å². The van der Waals surface area contributed by atoms with Gasteiger partial charge in [0.1, 0.15) is 17.5 Å². The zero-order valence-corrected chi connectivity index (χ0v) is 13.4. The van der Waals surface area contributed by atoms with Gasteiger partial charge < -0.3 is 9.47 Å². The van der Waals surface area contributed by atoms with Crippen LogP contribution in [0.2, 0.25) is 0 Å². The molecule has 4 nitrogen and oxygen atoms in total. The molecule has 2 heterocycles. The van der Waals surface area contributed by atoms with Gasteiger partial charge >= 0.3 is 0 Å². The van der Waals surface area contributed by atoms with E-state index in [1.54, 1.807) is 6.20 Å². The maximum Gasteiger partial charge on any atom is 0.238 e. The molecule has 8 heteroatoms. The van der Waals surface area contributed by atoms with Gasteiger partial charge in [-0.3, -0.25) is 4.79 Å². The molecule has 128 valence electrons. The quantitative estimate of drug-likeness (QED) is 0.623. The van der Waals surface area contributed by atoms with Gasteiger partial charge in [0.25, 0.3) is 0 Å². The summed E-state index contributed by atoms with van der Waals surface area (Å²) in [6, 6.07) is 1.28. The summed E-state index contributed by atoms with van der Waals surface area (Å²) in [4.78, 5) is 17.7.